The van der Waals surface area contributed by atoms with Crippen LogP contribution in [-0.2, 0) is 14.6 Å². The maximum Gasteiger partial charge on any atom is 0.463 e. The number of hydrogen-bond acceptors (Lipinski definition) is 3. The summed E-state index contributed by atoms with van der Waals surface area (Å²) in [4.78, 5) is 11.3. The van der Waals surface area contributed by atoms with E-state index in [0.29, 0.717) is 0 Å². The maximum atomic E-state index is 12.8. The molecule has 1 amide bonds. The lowest BCUT2D eigenvalue weighted by Gasteiger charge is -2.26. The van der Waals surface area contributed by atoms with Gasteiger partial charge in [0.15, 0.2) is 9.84 Å². The molecule has 0 aromatic carbocycles. The van der Waals surface area contributed by atoms with Gasteiger partial charge in [0, 0.05) is 13.1 Å². The Balaban J connectivity index is 2.86. The Bertz CT molecular complexity index is 431. The quantitative estimate of drug-likeness (QED) is 0.673. The molecule has 1 heterocycles. The monoisotopic (exact) mass is 295 g/mol. The summed E-state index contributed by atoms with van der Waals surface area (Å²) in [5.74, 6) is -8.81. The van der Waals surface area contributed by atoms with Gasteiger partial charge in [-0.3, -0.25) is 4.79 Å². The molecule has 0 aromatic rings. The fraction of sp³-hybridized carbons (Fsp3) is 0.875. The molecule has 106 valence electrons. The number of nitrogens with zero attached hydrogens (tertiary/aromatic N) is 1. The SMILES string of the molecule is O=C(N1CCCS(=O)(=O)CC1)C(F)(F)C(F)(F)F. The standard InChI is InChI=1S/C8H10F5NO3S/c9-7(10,8(11,12)13)6(15)14-2-1-4-18(16,17)5-3-14/h1-5H2. The van der Waals surface area contributed by atoms with Gasteiger partial charge >= 0.3 is 18.0 Å². The van der Waals surface area contributed by atoms with Crippen molar-refractivity contribution in [3.63, 3.8) is 0 Å². The van der Waals surface area contributed by atoms with E-state index in [2.05, 4.69) is 0 Å². The van der Waals surface area contributed by atoms with Crippen molar-refractivity contribution in [1.82, 2.24) is 4.90 Å². The van der Waals surface area contributed by atoms with Crippen molar-refractivity contribution in [1.29, 1.82) is 0 Å². The first-order valence-electron chi connectivity index (χ1n) is 4.92. The van der Waals surface area contributed by atoms with Gasteiger partial charge in [-0.15, -0.1) is 0 Å². The van der Waals surface area contributed by atoms with Crippen LogP contribution in [0.15, 0.2) is 0 Å². The van der Waals surface area contributed by atoms with E-state index in [9.17, 15) is 35.2 Å². The molecule has 1 aliphatic heterocycles. The molecule has 0 aliphatic carbocycles. The average molecular weight is 295 g/mol. The molecule has 18 heavy (non-hydrogen) atoms. The van der Waals surface area contributed by atoms with E-state index in [0.717, 1.165) is 0 Å². The number of hydrogen-bond donors (Lipinski definition) is 0. The molecule has 0 N–H and O–H groups in total. The highest BCUT2D eigenvalue weighted by molar-refractivity contribution is 7.91. The molecule has 0 bridgehead atoms. The van der Waals surface area contributed by atoms with Gasteiger partial charge < -0.3 is 4.90 Å². The highest BCUT2D eigenvalue weighted by Gasteiger charge is 2.64. The first-order valence-corrected chi connectivity index (χ1v) is 6.74. The lowest BCUT2D eigenvalue weighted by atomic mass is 10.2. The van der Waals surface area contributed by atoms with Crippen molar-refractivity contribution in [2.24, 2.45) is 0 Å². The Hall–Kier alpha value is -0.930. The largest absolute Gasteiger partial charge is 0.463 e. The smallest absolute Gasteiger partial charge is 0.336 e. The lowest BCUT2D eigenvalue weighted by Crippen LogP contribution is -2.52. The molecular formula is C8H10F5NO3S. The van der Waals surface area contributed by atoms with Gasteiger partial charge in [0.25, 0.3) is 0 Å². The fourth-order valence-electron chi connectivity index (χ4n) is 1.46. The van der Waals surface area contributed by atoms with Crippen molar-refractivity contribution in [3.05, 3.63) is 0 Å². The molecule has 10 heteroatoms. The van der Waals surface area contributed by atoms with Crippen LogP contribution in [-0.4, -0.2) is 55.9 Å². The summed E-state index contributed by atoms with van der Waals surface area (Å²) >= 11 is 0. The number of carbonyl (C=O) groups is 1. The van der Waals surface area contributed by atoms with Gasteiger partial charge in [-0.2, -0.15) is 22.0 Å². The van der Waals surface area contributed by atoms with E-state index < -0.39 is 46.7 Å². The molecule has 0 aromatic heterocycles. The van der Waals surface area contributed by atoms with Crippen molar-refractivity contribution in [3.8, 4) is 0 Å². The zero-order valence-corrected chi connectivity index (χ0v) is 9.82. The minimum absolute atomic E-state index is 0.151. The predicted molar refractivity (Wildman–Crippen MR) is 50.9 cm³/mol. The first-order chi connectivity index (χ1) is 7.97. The third kappa shape index (κ3) is 3.09. The molecule has 0 saturated carbocycles. The van der Waals surface area contributed by atoms with Gasteiger partial charge in [-0.25, -0.2) is 8.42 Å². The van der Waals surface area contributed by atoms with E-state index in [-0.39, 0.29) is 17.1 Å². The summed E-state index contributed by atoms with van der Waals surface area (Å²) in [5.41, 5.74) is 0. The van der Waals surface area contributed by atoms with Gasteiger partial charge in [0.1, 0.15) is 0 Å². The second-order valence-corrected chi connectivity index (χ2v) is 6.17. The lowest BCUT2D eigenvalue weighted by molar-refractivity contribution is -0.274. The van der Waals surface area contributed by atoms with Crippen LogP contribution in [0.4, 0.5) is 22.0 Å². The van der Waals surface area contributed by atoms with Gasteiger partial charge in [-0.05, 0) is 6.42 Å². The van der Waals surface area contributed by atoms with Crippen molar-refractivity contribution in [2.45, 2.75) is 18.5 Å². The summed E-state index contributed by atoms with van der Waals surface area (Å²) in [6.45, 7) is -1.07. The van der Waals surface area contributed by atoms with E-state index in [1.54, 1.807) is 0 Å². The molecule has 1 rings (SSSR count). The minimum Gasteiger partial charge on any atom is -0.336 e. The zero-order chi connectivity index (χ0) is 14.2. The Labute approximate surface area is 99.7 Å². The molecule has 0 atom stereocenters. The van der Waals surface area contributed by atoms with Crippen LogP contribution >= 0.6 is 0 Å². The highest BCUT2D eigenvalue weighted by atomic mass is 32.2. The minimum atomic E-state index is -5.98. The number of amides is 1. The van der Waals surface area contributed by atoms with Crippen molar-refractivity contribution in [2.75, 3.05) is 24.6 Å². The van der Waals surface area contributed by atoms with E-state index in [1.165, 1.54) is 0 Å². The van der Waals surface area contributed by atoms with Crippen molar-refractivity contribution < 1.29 is 35.2 Å². The van der Waals surface area contributed by atoms with E-state index in [1.807, 2.05) is 0 Å². The number of alkyl halides is 5. The average Bonchev–Trinajstić information content (AvgIpc) is 2.36. The van der Waals surface area contributed by atoms with Gasteiger partial charge in [0.2, 0.25) is 0 Å². The molecule has 0 radical (unpaired) electrons. The second-order valence-electron chi connectivity index (χ2n) is 3.87. The van der Waals surface area contributed by atoms with Crippen LogP contribution in [0.2, 0.25) is 0 Å². The molecule has 1 aliphatic rings. The van der Waals surface area contributed by atoms with Gasteiger partial charge in [0.05, 0.1) is 11.5 Å². The number of sulfone groups is 1. The summed E-state index contributed by atoms with van der Waals surface area (Å²) < 4.78 is 83.7. The second kappa shape index (κ2) is 4.63. The number of rotatable bonds is 1. The predicted octanol–water partition coefficient (Wildman–Crippen LogP) is 0.831. The summed E-state index contributed by atoms with van der Waals surface area (Å²) in [7, 11) is -3.49. The highest BCUT2D eigenvalue weighted by Crippen LogP contribution is 2.37. The number of carbonyl (C=O) groups excluding carboxylic acids is 1. The Morgan fingerprint density at radius 3 is 2.06 bits per heavy atom. The molecule has 1 fully saturated rings. The third-order valence-corrected chi connectivity index (χ3v) is 4.18. The van der Waals surface area contributed by atoms with E-state index in [4.69, 9.17) is 0 Å². The normalized spacial score (nSPS) is 21.5. The fourth-order valence-corrected chi connectivity index (χ4v) is 2.73. The first kappa shape index (κ1) is 15.1. The molecule has 1 saturated heterocycles. The third-order valence-electron chi connectivity index (χ3n) is 2.47. The molecule has 0 unspecified atom stereocenters. The number of halogens is 5. The molecular weight excluding hydrogens is 285 g/mol. The zero-order valence-electron chi connectivity index (χ0n) is 9.01. The van der Waals surface area contributed by atoms with Crippen LogP contribution in [0.25, 0.3) is 0 Å². The Morgan fingerprint density at radius 2 is 1.56 bits per heavy atom. The summed E-state index contributed by atoms with van der Waals surface area (Å²) in [6, 6.07) is 0. The van der Waals surface area contributed by atoms with Gasteiger partial charge in [-0.1, -0.05) is 0 Å². The van der Waals surface area contributed by atoms with E-state index >= 15 is 0 Å². The topological polar surface area (TPSA) is 54.5 Å². The van der Waals surface area contributed by atoms with Crippen LogP contribution in [0.3, 0.4) is 0 Å². The molecule has 0 spiro atoms. The molecule has 4 nitrogen and oxygen atoms in total. The van der Waals surface area contributed by atoms with Crippen LogP contribution in [0, 0.1) is 0 Å². The summed E-state index contributed by atoms with van der Waals surface area (Å²) in [5, 5.41) is 0. The maximum absolute atomic E-state index is 12.8. The van der Waals surface area contributed by atoms with Crippen LogP contribution < -0.4 is 0 Å². The van der Waals surface area contributed by atoms with Crippen LogP contribution in [0.5, 0.6) is 0 Å². The van der Waals surface area contributed by atoms with Crippen molar-refractivity contribution >= 4 is 15.7 Å². The Kier molecular flexibility index (Phi) is 3.89. The van der Waals surface area contributed by atoms with Crippen LogP contribution in [0.1, 0.15) is 6.42 Å². The summed E-state index contributed by atoms with van der Waals surface area (Å²) in [6.07, 6.45) is -6.13. The Morgan fingerprint density at radius 1 is 1.00 bits per heavy atom.